The Balaban J connectivity index is 1.33. The summed E-state index contributed by atoms with van der Waals surface area (Å²) in [5, 5.41) is 0.995. The third-order valence-corrected chi connectivity index (χ3v) is 8.31. The molecule has 1 aromatic heterocycles. The van der Waals surface area contributed by atoms with Crippen molar-refractivity contribution >= 4 is 17.2 Å². The number of hydrogen-bond donors (Lipinski definition) is 0. The molecule has 1 aromatic carbocycles. The number of amides is 1. The summed E-state index contributed by atoms with van der Waals surface area (Å²) in [6.45, 7) is 10.6. The maximum absolute atomic E-state index is 13.5. The van der Waals surface area contributed by atoms with Crippen LogP contribution in [0.1, 0.15) is 70.0 Å². The van der Waals surface area contributed by atoms with Gasteiger partial charge in [-0.15, -0.1) is 11.3 Å². The van der Waals surface area contributed by atoms with Crippen molar-refractivity contribution in [3.05, 3.63) is 51.0 Å². The van der Waals surface area contributed by atoms with E-state index in [9.17, 15) is 4.79 Å². The molecule has 4 nitrogen and oxygen atoms in total. The van der Waals surface area contributed by atoms with Gasteiger partial charge in [0.2, 0.25) is 0 Å². The van der Waals surface area contributed by atoms with Crippen LogP contribution >= 0.6 is 11.3 Å². The molecule has 0 bridgehead atoms. The largest absolute Gasteiger partial charge is 0.335 e. The minimum Gasteiger partial charge on any atom is -0.335 e. The predicted molar refractivity (Wildman–Crippen MR) is 129 cm³/mol. The zero-order valence-corrected chi connectivity index (χ0v) is 20.2. The van der Waals surface area contributed by atoms with Crippen molar-refractivity contribution in [2.75, 3.05) is 26.2 Å². The third-order valence-electron chi connectivity index (χ3n) is 7.24. The lowest BCUT2D eigenvalue weighted by Crippen LogP contribution is -2.45. The van der Waals surface area contributed by atoms with Crippen molar-refractivity contribution in [2.45, 2.75) is 71.8 Å². The Kier molecular flexibility index (Phi) is 7.44. The number of benzene rings is 1. The van der Waals surface area contributed by atoms with Gasteiger partial charge in [0.15, 0.2) is 0 Å². The highest BCUT2D eigenvalue weighted by Gasteiger charge is 2.32. The van der Waals surface area contributed by atoms with Gasteiger partial charge in [-0.1, -0.05) is 37.1 Å². The van der Waals surface area contributed by atoms with Crippen LogP contribution in [0, 0.1) is 26.7 Å². The van der Waals surface area contributed by atoms with Gasteiger partial charge in [0.25, 0.3) is 5.91 Å². The van der Waals surface area contributed by atoms with E-state index in [0.29, 0.717) is 12.0 Å². The van der Waals surface area contributed by atoms with Crippen LogP contribution in [0.4, 0.5) is 0 Å². The van der Waals surface area contributed by atoms with Crippen LogP contribution in [0.5, 0.6) is 0 Å². The van der Waals surface area contributed by atoms with Crippen LogP contribution in [0.3, 0.4) is 0 Å². The van der Waals surface area contributed by atoms with Gasteiger partial charge >= 0.3 is 0 Å². The summed E-state index contributed by atoms with van der Waals surface area (Å²) in [7, 11) is 0. The Hall–Kier alpha value is -1.72. The molecule has 0 spiro atoms. The molecule has 1 aliphatic heterocycles. The van der Waals surface area contributed by atoms with E-state index >= 15 is 0 Å². The molecule has 2 aromatic rings. The summed E-state index contributed by atoms with van der Waals surface area (Å²) >= 11 is 1.57. The van der Waals surface area contributed by atoms with E-state index in [-0.39, 0.29) is 5.91 Å². The molecule has 2 aliphatic rings. The van der Waals surface area contributed by atoms with Gasteiger partial charge in [-0.05, 0) is 83.0 Å². The molecular formula is C26H37N3OS. The van der Waals surface area contributed by atoms with Gasteiger partial charge in [-0.2, -0.15) is 0 Å². The smallest absolute Gasteiger partial charge is 0.266 e. The average molecular weight is 440 g/mol. The van der Waals surface area contributed by atoms with Crippen LogP contribution < -0.4 is 0 Å². The number of aryl methyl sites for hydroxylation is 3. The molecule has 0 atom stereocenters. The number of carbonyl (C=O) groups is 1. The highest BCUT2D eigenvalue weighted by atomic mass is 32.1. The number of thiazole rings is 1. The summed E-state index contributed by atoms with van der Waals surface area (Å²) in [5.74, 6) is 0.852. The Bertz CT molecular complexity index is 879. The first-order valence-electron chi connectivity index (χ1n) is 12.0. The number of carbonyl (C=O) groups excluding carboxylic acids is 1. The van der Waals surface area contributed by atoms with E-state index in [1.54, 1.807) is 11.3 Å². The van der Waals surface area contributed by atoms with Crippen LogP contribution in [0.2, 0.25) is 0 Å². The van der Waals surface area contributed by atoms with Crippen molar-refractivity contribution in [1.82, 2.24) is 14.8 Å². The molecule has 0 unspecified atom stereocenters. The number of rotatable bonds is 7. The maximum atomic E-state index is 13.5. The molecule has 1 saturated heterocycles. The van der Waals surface area contributed by atoms with Crippen molar-refractivity contribution in [2.24, 2.45) is 5.92 Å². The fourth-order valence-corrected chi connectivity index (χ4v) is 6.19. The monoisotopic (exact) mass is 439 g/mol. The predicted octanol–water partition coefficient (Wildman–Crippen LogP) is 5.41. The second-order valence-corrected chi connectivity index (χ2v) is 10.7. The van der Waals surface area contributed by atoms with E-state index < -0.39 is 0 Å². The standard InChI is InChI=1S/C26H37N3OS/c1-19-8-4-5-9-23(19)14-17-28-15-12-22(13-16-28)18-29(24-10-6-7-11-24)26(30)25-20(2)27-21(3)31-25/h4-5,8-9,22,24H,6-7,10-18H2,1-3H3. The maximum Gasteiger partial charge on any atom is 0.266 e. The molecule has 0 N–H and O–H groups in total. The van der Waals surface area contributed by atoms with Crippen molar-refractivity contribution in [1.29, 1.82) is 0 Å². The molecular weight excluding hydrogens is 402 g/mol. The van der Waals surface area contributed by atoms with Gasteiger partial charge in [0.05, 0.1) is 10.7 Å². The normalized spacial score (nSPS) is 18.5. The second kappa shape index (κ2) is 10.3. The minimum absolute atomic E-state index is 0.233. The van der Waals surface area contributed by atoms with Crippen molar-refractivity contribution in [3.63, 3.8) is 0 Å². The molecule has 168 valence electrons. The first kappa shape index (κ1) is 22.5. The van der Waals surface area contributed by atoms with E-state index in [4.69, 9.17) is 0 Å². The first-order valence-corrected chi connectivity index (χ1v) is 12.8. The summed E-state index contributed by atoms with van der Waals surface area (Å²) in [5.41, 5.74) is 3.77. The summed E-state index contributed by atoms with van der Waals surface area (Å²) in [6, 6.07) is 9.17. The molecule has 2 fully saturated rings. The molecule has 1 aliphatic carbocycles. The minimum atomic E-state index is 0.233. The molecule has 4 rings (SSSR count). The molecule has 0 radical (unpaired) electrons. The third kappa shape index (κ3) is 5.56. The van der Waals surface area contributed by atoms with E-state index in [1.807, 2.05) is 13.8 Å². The van der Waals surface area contributed by atoms with Crippen LogP contribution in [0.25, 0.3) is 0 Å². The van der Waals surface area contributed by atoms with Gasteiger partial charge in [0.1, 0.15) is 4.88 Å². The molecule has 1 amide bonds. The van der Waals surface area contributed by atoms with E-state index in [2.05, 4.69) is 46.0 Å². The zero-order chi connectivity index (χ0) is 21.8. The SMILES string of the molecule is Cc1nc(C)c(C(=O)N(CC2CCN(CCc3ccccc3C)CC2)C2CCCC2)s1. The lowest BCUT2D eigenvalue weighted by atomic mass is 9.94. The van der Waals surface area contributed by atoms with Gasteiger partial charge in [0, 0.05) is 19.1 Å². The van der Waals surface area contributed by atoms with Crippen molar-refractivity contribution < 1.29 is 4.79 Å². The first-order chi connectivity index (χ1) is 15.0. The van der Waals surface area contributed by atoms with Crippen molar-refractivity contribution in [3.8, 4) is 0 Å². The topological polar surface area (TPSA) is 36.4 Å². The molecule has 1 saturated carbocycles. The van der Waals surface area contributed by atoms with Gasteiger partial charge in [-0.3, -0.25) is 4.79 Å². The number of piperidine rings is 1. The zero-order valence-electron chi connectivity index (χ0n) is 19.4. The fraction of sp³-hybridized carbons (Fsp3) is 0.615. The van der Waals surface area contributed by atoms with E-state index in [0.717, 1.165) is 61.0 Å². The van der Waals surface area contributed by atoms with Crippen LogP contribution in [-0.4, -0.2) is 52.9 Å². The number of hydrogen-bond acceptors (Lipinski definition) is 4. The number of aromatic nitrogens is 1. The van der Waals surface area contributed by atoms with Gasteiger partial charge < -0.3 is 9.80 Å². The second-order valence-electron chi connectivity index (χ2n) is 9.50. The fourth-order valence-electron chi connectivity index (χ4n) is 5.31. The Morgan fingerprint density at radius 2 is 1.81 bits per heavy atom. The lowest BCUT2D eigenvalue weighted by molar-refractivity contribution is 0.0602. The van der Waals surface area contributed by atoms with Crippen LogP contribution in [0.15, 0.2) is 24.3 Å². The Labute approximate surface area is 191 Å². The highest BCUT2D eigenvalue weighted by Crippen LogP contribution is 2.30. The lowest BCUT2D eigenvalue weighted by Gasteiger charge is -2.37. The number of nitrogens with zero attached hydrogens (tertiary/aromatic N) is 3. The molecule has 5 heteroatoms. The Morgan fingerprint density at radius 3 is 2.45 bits per heavy atom. The van der Waals surface area contributed by atoms with Crippen LogP contribution in [-0.2, 0) is 6.42 Å². The summed E-state index contributed by atoms with van der Waals surface area (Å²) in [6.07, 6.45) is 8.37. The summed E-state index contributed by atoms with van der Waals surface area (Å²) in [4.78, 5) is 23.7. The quantitative estimate of drug-likeness (QED) is 0.579. The van der Waals surface area contributed by atoms with E-state index in [1.165, 1.54) is 36.8 Å². The average Bonchev–Trinajstić information content (AvgIpc) is 3.41. The summed E-state index contributed by atoms with van der Waals surface area (Å²) < 4.78 is 0. The highest BCUT2D eigenvalue weighted by molar-refractivity contribution is 7.13. The number of likely N-dealkylation sites (tertiary alicyclic amines) is 1. The van der Waals surface area contributed by atoms with Gasteiger partial charge in [-0.25, -0.2) is 4.98 Å². The molecule has 2 heterocycles. The molecule has 31 heavy (non-hydrogen) atoms. The Morgan fingerprint density at radius 1 is 1.10 bits per heavy atom.